The Balaban J connectivity index is 2.10. The largest absolute Gasteiger partial charge is 0.388 e. The van der Waals surface area contributed by atoms with Crippen molar-refractivity contribution < 1.29 is 5.11 Å². The van der Waals surface area contributed by atoms with Gasteiger partial charge in [0.15, 0.2) is 0 Å². The Hall–Kier alpha value is -1.67. The van der Waals surface area contributed by atoms with E-state index >= 15 is 0 Å². The highest BCUT2D eigenvalue weighted by Gasteiger charge is 2.14. The number of aromatic nitrogens is 1. The molecule has 100 valence electrons. The maximum Gasteiger partial charge on any atom is 0.0830 e. The summed E-state index contributed by atoms with van der Waals surface area (Å²) in [5, 5.41) is 10.2. The van der Waals surface area contributed by atoms with Crippen molar-refractivity contribution in [3.63, 3.8) is 0 Å². The van der Waals surface area contributed by atoms with Crippen LogP contribution in [0.5, 0.6) is 0 Å². The monoisotopic (exact) mass is 255 g/mol. The molecule has 0 saturated heterocycles. The third-order valence-corrected chi connectivity index (χ3v) is 3.31. The fourth-order valence-corrected chi connectivity index (χ4v) is 2.07. The summed E-state index contributed by atoms with van der Waals surface area (Å²) in [6.45, 7) is 6.57. The molecule has 1 atom stereocenters. The highest BCUT2D eigenvalue weighted by atomic mass is 16.3. The standard InChI is InChI=1S/C17H21NO/c1-17(2,3)15-8-6-14(7-9-15)16(19)11-13-5-4-10-18-12-13/h4-10,12,16,19H,11H2,1-3H3. The Kier molecular flexibility index (Phi) is 4.01. The summed E-state index contributed by atoms with van der Waals surface area (Å²) in [5.74, 6) is 0. The van der Waals surface area contributed by atoms with Crippen molar-refractivity contribution in [3.8, 4) is 0 Å². The van der Waals surface area contributed by atoms with Gasteiger partial charge in [0.1, 0.15) is 0 Å². The minimum absolute atomic E-state index is 0.146. The topological polar surface area (TPSA) is 33.1 Å². The molecule has 0 aliphatic rings. The van der Waals surface area contributed by atoms with Crippen LogP contribution in [0.4, 0.5) is 0 Å². The molecular formula is C17H21NO. The Morgan fingerprint density at radius 1 is 1.11 bits per heavy atom. The van der Waals surface area contributed by atoms with Crippen molar-refractivity contribution in [1.29, 1.82) is 0 Å². The minimum atomic E-state index is -0.474. The Labute approximate surface area is 115 Å². The van der Waals surface area contributed by atoms with Crippen LogP contribution in [0, 0.1) is 0 Å². The molecule has 0 spiro atoms. The summed E-state index contributed by atoms with van der Waals surface area (Å²) in [7, 11) is 0. The number of hydrogen-bond acceptors (Lipinski definition) is 2. The van der Waals surface area contributed by atoms with Crippen molar-refractivity contribution in [2.45, 2.75) is 38.7 Å². The number of aliphatic hydroxyl groups excluding tert-OH is 1. The molecule has 2 heteroatoms. The molecule has 1 aromatic carbocycles. The molecule has 2 rings (SSSR count). The second kappa shape index (κ2) is 5.54. The van der Waals surface area contributed by atoms with E-state index in [1.165, 1.54) is 5.56 Å². The molecule has 0 aliphatic heterocycles. The average Bonchev–Trinajstić information content (AvgIpc) is 2.39. The molecule has 0 radical (unpaired) electrons. The summed E-state index contributed by atoms with van der Waals surface area (Å²) in [4.78, 5) is 4.07. The molecule has 0 bridgehead atoms. The Bertz CT molecular complexity index is 511. The predicted octanol–water partition coefficient (Wildman–Crippen LogP) is 3.66. The Morgan fingerprint density at radius 2 is 1.79 bits per heavy atom. The van der Waals surface area contributed by atoms with Crippen molar-refractivity contribution >= 4 is 0 Å². The van der Waals surface area contributed by atoms with Gasteiger partial charge >= 0.3 is 0 Å². The van der Waals surface area contributed by atoms with Crippen LogP contribution in [-0.4, -0.2) is 10.1 Å². The quantitative estimate of drug-likeness (QED) is 0.908. The molecule has 0 fully saturated rings. The van der Waals surface area contributed by atoms with Crippen LogP contribution in [0.3, 0.4) is 0 Å². The lowest BCUT2D eigenvalue weighted by atomic mass is 9.86. The highest BCUT2D eigenvalue weighted by Crippen LogP contribution is 2.25. The third kappa shape index (κ3) is 3.65. The van der Waals surface area contributed by atoms with Gasteiger partial charge in [-0.1, -0.05) is 51.1 Å². The lowest BCUT2D eigenvalue weighted by Crippen LogP contribution is -2.11. The van der Waals surface area contributed by atoms with Crippen LogP contribution >= 0.6 is 0 Å². The molecule has 0 saturated carbocycles. The molecule has 2 aromatic rings. The van der Waals surface area contributed by atoms with E-state index in [2.05, 4.69) is 37.9 Å². The van der Waals surface area contributed by atoms with Crippen LogP contribution in [0.1, 0.15) is 43.6 Å². The molecule has 1 heterocycles. The number of pyridine rings is 1. The first-order valence-corrected chi connectivity index (χ1v) is 6.64. The van der Waals surface area contributed by atoms with Crippen molar-refractivity contribution in [2.24, 2.45) is 0 Å². The van der Waals surface area contributed by atoms with E-state index in [0.717, 1.165) is 11.1 Å². The molecular weight excluding hydrogens is 234 g/mol. The molecule has 0 amide bonds. The van der Waals surface area contributed by atoms with Crippen molar-refractivity contribution in [1.82, 2.24) is 4.98 Å². The van der Waals surface area contributed by atoms with Gasteiger partial charge < -0.3 is 5.11 Å². The number of rotatable bonds is 3. The van der Waals surface area contributed by atoms with E-state index in [1.807, 2.05) is 24.3 Å². The first-order valence-electron chi connectivity index (χ1n) is 6.64. The van der Waals surface area contributed by atoms with Crippen molar-refractivity contribution in [3.05, 3.63) is 65.5 Å². The number of aliphatic hydroxyl groups is 1. The van der Waals surface area contributed by atoms with E-state index in [4.69, 9.17) is 0 Å². The summed E-state index contributed by atoms with van der Waals surface area (Å²) >= 11 is 0. The zero-order valence-corrected chi connectivity index (χ0v) is 11.8. The van der Waals surface area contributed by atoms with Gasteiger partial charge in [-0.05, 0) is 28.2 Å². The lowest BCUT2D eigenvalue weighted by Gasteiger charge is -2.20. The fourth-order valence-electron chi connectivity index (χ4n) is 2.07. The van der Waals surface area contributed by atoms with E-state index in [0.29, 0.717) is 6.42 Å². The maximum absolute atomic E-state index is 10.2. The zero-order chi connectivity index (χ0) is 13.9. The van der Waals surface area contributed by atoms with E-state index in [1.54, 1.807) is 12.4 Å². The third-order valence-electron chi connectivity index (χ3n) is 3.31. The summed E-state index contributed by atoms with van der Waals surface area (Å²) < 4.78 is 0. The van der Waals surface area contributed by atoms with Gasteiger partial charge in [-0.15, -0.1) is 0 Å². The van der Waals surface area contributed by atoms with Gasteiger partial charge in [0.2, 0.25) is 0 Å². The van der Waals surface area contributed by atoms with Gasteiger partial charge in [0.05, 0.1) is 6.10 Å². The van der Waals surface area contributed by atoms with Gasteiger partial charge in [-0.25, -0.2) is 0 Å². The predicted molar refractivity (Wildman–Crippen MR) is 78.0 cm³/mol. The Morgan fingerprint density at radius 3 is 2.32 bits per heavy atom. The van der Waals surface area contributed by atoms with Crippen molar-refractivity contribution in [2.75, 3.05) is 0 Å². The van der Waals surface area contributed by atoms with Crippen LogP contribution in [0.15, 0.2) is 48.8 Å². The summed E-state index contributed by atoms with van der Waals surface area (Å²) in [6.07, 6.45) is 3.67. The number of nitrogens with zero attached hydrogens (tertiary/aromatic N) is 1. The van der Waals surface area contributed by atoms with E-state index in [-0.39, 0.29) is 5.41 Å². The number of hydrogen-bond donors (Lipinski definition) is 1. The minimum Gasteiger partial charge on any atom is -0.388 e. The first-order chi connectivity index (χ1) is 8.97. The molecule has 1 unspecified atom stereocenters. The van der Waals surface area contributed by atoms with Gasteiger partial charge in [-0.2, -0.15) is 0 Å². The normalized spacial score (nSPS) is 13.3. The second-order valence-electron chi connectivity index (χ2n) is 5.95. The average molecular weight is 255 g/mol. The van der Waals surface area contributed by atoms with E-state index < -0.39 is 6.10 Å². The maximum atomic E-state index is 10.2. The molecule has 1 N–H and O–H groups in total. The highest BCUT2D eigenvalue weighted by molar-refractivity contribution is 5.29. The zero-order valence-electron chi connectivity index (χ0n) is 11.8. The smallest absolute Gasteiger partial charge is 0.0830 e. The van der Waals surface area contributed by atoms with Gasteiger partial charge in [0, 0.05) is 18.8 Å². The lowest BCUT2D eigenvalue weighted by molar-refractivity contribution is 0.178. The van der Waals surface area contributed by atoms with Crippen LogP contribution in [0.2, 0.25) is 0 Å². The van der Waals surface area contributed by atoms with Gasteiger partial charge in [0.25, 0.3) is 0 Å². The molecule has 2 nitrogen and oxygen atoms in total. The van der Waals surface area contributed by atoms with Crippen LogP contribution in [0.25, 0.3) is 0 Å². The second-order valence-corrected chi connectivity index (χ2v) is 5.95. The van der Waals surface area contributed by atoms with Crippen LogP contribution < -0.4 is 0 Å². The fraction of sp³-hybridized carbons (Fsp3) is 0.353. The summed E-state index contributed by atoms with van der Waals surface area (Å²) in [6, 6.07) is 12.1. The van der Waals surface area contributed by atoms with E-state index in [9.17, 15) is 5.11 Å². The molecule has 1 aromatic heterocycles. The first kappa shape index (κ1) is 13.8. The summed E-state index contributed by atoms with van der Waals surface area (Å²) in [5.41, 5.74) is 3.43. The van der Waals surface area contributed by atoms with Gasteiger partial charge in [-0.3, -0.25) is 4.98 Å². The molecule has 0 aliphatic carbocycles. The SMILES string of the molecule is CC(C)(C)c1ccc(C(O)Cc2cccnc2)cc1. The molecule has 19 heavy (non-hydrogen) atoms. The van der Waals surface area contributed by atoms with Crippen LogP contribution in [-0.2, 0) is 11.8 Å². The number of benzene rings is 1.